The minimum atomic E-state index is -0.360. The van der Waals surface area contributed by atoms with Crippen LogP contribution in [0.4, 0.5) is 14.3 Å². The Bertz CT molecular complexity index is 1100. The van der Waals surface area contributed by atoms with Gasteiger partial charge >= 0.3 is 6.03 Å². The molecule has 29 heavy (non-hydrogen) atoms. The number of hydrogen-bond acceptors (Lipinski definition) is 4. The number of thiazole rings is 1. The number of urea groups is 1. The van der Waals surface area contributed by atoms with Crippen LogP contribution in [-0.2, 0) is 0 Å². The zero-order valence-corrected chi connectivity index (χ0v) is 17.0. The quantitative estimate of drug-likeness (QED) is 0.496. The number of pyridine rings is 1. The summed E-state index contributed by atoms with van der Waals surface area (Å²) >= 11 is 1.31. The van der Waals surface area contributed by atoms with Crippen LogP contribution in [0.3, 0.4) is 0 Å². The lowest BCUT2D eigenvalue weighted by Crippen LogP contribution is -2.28. The summed E-state index contributed by atoms with van der Waals surface area (Å²) in [6, 6.07) is 7.29. The van der Waals surface area contributed by atoms with E-state index in [2.05, 4.69) is 27.2 Å². The van der Waals surface area contributed by atoms with Crippen LogP contribution in [0.1, 0.15) is 19.4 Å². The van der Waals surface area contributed by atoms with Gasteiger partial charge in [0.15, 0.2) is 5.13 Å². The highest BCUT2D eigenvalue weighted by Gasteiger charge is 2.15. The van der Waals surface area contributed by atoms with Crippen LogP contribution >= 0.6 is 11.3 Å². The highest BCUT2D eigenvalue weighted by molar-refractivity contribution is 7.22. The van der Waals surface area contributed by atoms with Gasteiger partial charge in [-0.15, -0.1) is 0 Å². The molecule has 3 aromatic rings. The molecule has 0 bridgehead atoms. The fourth-order valence-electron chi connectivity index (χ4n) is 2.77. The second-order valence-electron chi connectivity index (χ2n) is 6.18. The minimum absolute atomic E-state index is 0.326. The van der Waals surface area contributed by atoms with Gasteiger partial charge in [-0.25, -0.2) is 14.2 Å². The third kappa shape index (κ3) is 4.75. The number of fused-ring (bicyclic) bond motifs is 1. The van der Waals surface area contributed by atoms with Gasteiger partial charge in [-0.3, -0.25) is 10.3 Å². The minimum Gasteiger partial charge on any atom is -0.338 e. The van der Waals surface area contributed by atoms with E-state index in [9.17, 15) is 9.18 Å². The van der Waals surface area contributed by atoms with Gasteiger partial charge in [0.2, 0.25) is 0 Å². The lowest BCUT2D eigenvalue weighted by molar-refractivity contribution is 0.252. The Morgan fingerprint density at radius 3 is 2.86 bits per heavy atom. The van der Waals surface area contributed by atoms with Crippen molar-refractivity contribution in [3.63, 3.8) is 0 Å². The number of rotatable bonds is 6. The normalized spacial score (nSPS) is 12.1. The Labute approximate surface area is 172 Å². The molecule has 0 radical (unpaired) electrons. The smallest absolute Gasteiger partial charge is 0.321 e. The summed E-state index contributed by atoms with van der Waals surface area (Å²) in [4.78, 5) is 20.6. The number of benzene rings is 1. The molecule has 2 N–H and O–H groups in total. The number of nitrogens with one attached hydrogen (secondary N) is 2. The standard InChI is InChI=1S/C22H21FN4OS/c1-4-6-9-18(23)14(3)17-11-16(15-8-7-10-24-13-15)12-19-20(17)29-22(26-19)27-21(28)25-5-2/h4,6-13H,1,5H2,2-3H3,(H2,25,26,27,28)/b9-6-,18-14-. The monoisotopic (exact) mass is 408 g/mol. The summed E-state index contributed by atoms with van der Waals surface area (Å²) in [7, 11) is 0. The Morgan fingerprint density at radius 2 is 2.17 bits per heavy atom. The van der Waals surface area contributed by atoms with Crippen molar-refractivity contribution in [1.82, 2.24) is 15.3 Å². The van der Waals surface area contributed by atoms with Crippen molar-refractivity contribution in [3.8, 4) is 11.1 Å². The average Bonchev–Trinajstić information content (AvgIpc) is 3.13. The van der Waals surface area contributed by atoms with Crippen LogP contribution in [0.2, 0.25) is 0 Å². The fraction of sp³-hybridized carbons (Fsp3) is 0.136. The first kappa shape index (κ1) is 20.4. The Hall–Kier alpha value is -3.32. The predicted octanol–water partition coefficient (Wildman–Crippen LogP) is 5.94. The zero-order valence-electron chi connectivity index (χ0n) is 16.2. The number of amides is 2. The fourth-order valence-corrected chi connectivity index (χ4v) is 3.79. The molecule has 0 aliphatic carbocycles. The number of hydrogen-bond donors (Lipinski definition) is 2. The van der Waals surface area contributed by atoms with Crippen molar-refractivity contribution in [2.24, 2.45) is 0 Å². The molecular formula is C22H21FN4OS. The van der Waals surface area contributed by atoms with Gasteiger partial charge in [0.1, 0.15) is 5.83 Å². The van der Waals surface area contributed by atoms with Gasteiger partial charge in [-0.2, -0.15) is 0 Å². The van der Waals surface area contributed by atoms with Crippen LogP contribution in [0, 0.1) is 0 Å². The van der Waals surface area contributed by atoms with Crippen molar-refractivity contribution in [2.45, 2.75) is 13.8 Å². The van der Waals surface area contributed by atoms with Crippen molar-refractivity contribution in [3.05, 3.63) is 72.9 Å². The van der Waals surface area contributed by atoms with E-state index in [0.29, 0.717) is 28.3 Å². The molecule has 0 saturated heterocycles. The van der Waals surface area contributed by atoms with Gasteiger partial charge in [-0.1, -0.05) is 36.1 Å². The summed E-state index contributed by atoms with van der Waals surface area (Å²) in [5, 5.41) is 5.85. The number of halogens is 1. The predicted molar refractivity (Wildman–Crippen MR) is 119 cm³/mol. The molecule has 2 amide bonds. The molecule has 2 heterocycles. The third-order valence-electron chi connectivity index (χ3n) is 4.18. The molecule has 0 aliphatic rings. The molecule has 0 aliphatic heterocycles. The third-order valence-corrected chi connectivity index (χ3v) is 5.20. The van der Waals surface area contributed by atoms with E-state index in [-0.39, 0.29) is 11.9 Å². The van der Waals surface area contributed by atoms with E-state index in [0.717, 1.165) is 15.8 Å². The Balaban J connectivity index is 2.17. The zero-order chi connectivity index (χ0) is 20.8. The molecule has 0 saturated carbocycles. The van der Waals surface area contributed by atoms with Crippen LogP contribution < -0.4 is 10.6 Å². The number of carbonyl (C=O) groups is 1. The van der Waals surface area contributed by atoms with Gasteiger partial charge < -0.3 is 5.32 Å². The van der Waals surface area contributed by atoms with E-state index in [1.54, 1.807) is 25.4 Å². The summed E-state index contributed by atoms with van der Waals surface area (Å²) in [6.07, 6.45) is 7.90. The lowest BCUT2D eigenvalue weighted by atomic mass is 9.99. The summed E-state index contributed by atoms with van der Waals surface area (Å²) in [6.45, 7) is 7.65. The molecule has 1 aromatic carbocycles. The molecule has 148 valence electrons. The van der Waals surface area contributed by atoms with Crippen molar-refractivity contribution < 1.29 is 9.18 Å². The van der Waals surface area contributed by atoms with Crippen LogP contribution in [-0.4, -0.2) is 22.5 Å². The van der Waals surface area contributed by atoms with Crippen LogP contribution in [0.5, 0.6) is 0 Å². The molecule has 7 heteroatoms. The van der Waals surface area contributed by atoms with E-state index in [1.165, 1.54) is 23.5 Å². The number of carbonyl (C=O) groups excluding carboxylic acids is 1. The van der Waals surface area contributed by atoms with E-state index >= 15 is 0 Å². The number of allylic oxidation sites excluding steroid dienone is 5. The number of nitrogens with zero attached hydrogens (tertiary/aromatic N) is 2. The molecule has 3 rings (SSSR count). The molecule has 0 fully saturated rings. The van der Waals surface area contributed by atoms with E-state index in [1.807, 2.05) is 31.2 Å². The number of anilines is 1. The largest absolute Gasteiger partial charge is 0.338 e. The van der Waals surface area contributed by atoms with Crippen molar-refractivity contribution in [1.29, 1.82) is 0 Å². The number of aromatic nitrogens is 2. The Kier molecular flexibility index (Phi) is 6.51. The first-order chi connectivity index (χ1) is 14.0. The summed E-state index contributed by atoms with van der Waals surface area (Å²) < 4.78 is 15.5. The molecule has 0 unspecified atom stereocenters. The Morgan fingerprint density at radius 1 is 1.34 bits per heavy atom. The second kappa shape index (κ2) is 9.25. The molecule has 2 aromatic heterocycles. The van der Waals surface area contributed by atoms with Crippen molar-refractivity contribution in [2.75, 3.05) is 11.9 Å². The maximum Gasteiger partial charge on any atom is 0.321 e. The maximum absolute atomic E-state index is 14.7. The summed E-state index contributed by atoms with van der Waals surface area (Å²) in [5.41, 5.74) is 3.64. The lowest BCUT2D eigenvalue weighted by Gasteiger charge is -2.08. The van der Waals surface area contributed by atoms with Crippen LogP contribution in [0.15, 0.2) is 67.3 Å². The van der Waals surface area contributed by atoms with Gasteiger partial charge in [0, 0.05) is 30.1 Å². The second-order valence-corrected chi connectivity index (χ2v) is 7.18. The molecule has 5 nitrogen and oxygen atoms in total. The molecule has 0 atom stereocenters. The highest BCUT2D eigenvalue weighted by atomic mass is 32.1. The van der Waals surface area contributed by atoms with E-state index < -0.39 is 0 Å². The topological polar surface area (TPSA) is 66.9 Å². The van der Waals surface area contributed by atoms with Crippen molar-refractivity contribution >= 4 is 38.3 Å². The average molecular weight is 409 g/mol. The van der Waals surface area contributed by atoms with Gasteiger partial charge in [-0.05, 0) is 49.3 Å². The molecule has 0 spiro atoms. The SMILES string of the molecule is C=C/C=C\C(F)=C(/C)c1cc(-c2cccnc2)cc2nc(NC(=O)NCC)sc12. The van der Waals surface area contributed by atoms with E-state index in [4.69, 9.17) is 0 Å². The summed E-state index contributed by atoms with van der Waals surface area (Å²) in [5.74, 6) is -0.360. The highest BCUT2D eigenvalue weighted by Crippen LogP contribution is 2.37. The van der Waals surface area contributed by atoms with Crippen LogP contribution in [0.25, 0.3) is 26.9 Å². The first-order valence-electron chi connectivity index (χ1n) is 9.09. The van der Waals surface area contributed by atoms with Gasteiger partial charge in [0.05, 0.1) is 10.2 Å². The maximum atomic E-state index is 14.7. The first-order valence-corrected chi connectivity index (χ1v) is 9.90. The molecular weight excluding hydrogens is 387 g/mol. The van der Waals surface area contributed by atoms with Gasteiger partial charge in [0.25, 0.3) is 0 Å².